The predicted molar refractivity (Wildman–Crippen MR) is 122 cm³/mol. The smallest absolute Gasteiger partial charge is 0.251 e. The number of rotatable bonds is 4. The lowest BCUT2D eigenvalue weighted by Gasteiger charge is -2.19. The van der Waals surface area contributed by atoms with Crippen LogP contribution in [0.1, 0.15) is 50.5 Å². The van der Waals surface area contributed by atoms with E-state index in [4.69, 9.17) is 4.74 Å². The highest BCUT2D eigenvalue weighted by atomic mass is 16.5. The van der Waals surface area contributed by atoms with Crippen LogP contribution < -0.4 is 10.1 Å². The van der Waals surface area contributed by atoms with E-state index in [1.54, 1.807) is 30.9 Å². The van der Waals surface area contributed by atoms with Crippen LogP contribution >= 0.6 is 0 Å². The number of carbonyl (C=O) groups excluding carboxylic acids is 2. The molecular formula is C25H28N2O3. The highest BCUT2D eigenvalue weighted by Crippen LogP contribution is 2.28. The molecule has 30 heavy (non-hydrogen) atoms. The van der Waals surface area contributed by atoms with Gasteiger partial charge in [-0.05, 0) is 54.3 Å². The van der Waals surface area contributed by atoms with Crippen LogP contribution in [0.15, 0.2) is 54.2 Å². The summed E-state index contributed by atoms with van der Waals surface area (Å²) in [6.45, 7) is 9.73. The molecule has 0 aliphatic heterocycles. The Morgan fingerprint density at radius 1 is 1.03 bits per heavy atom. The van der Waals surface area contributed by atoms with Crippen LogP contribution in [0.2, 0.25) is 0 Å². The third kappa shape index (κ3) is 4.46. The highest BCUT2D eigenvalue weighted by molar-refractivity contribution is 6.08. The Labute approximate surface area is 177 Å². The summed E-state index contributed by atoms with van der Waals surface area (Å²) in [5.41, 5.74) is 4.12. The molecule has 1 heterocycles. The summed E-state index contributed by atoms with van der Waals surface area (Å²) < 4.78 is 6.90. The molecule has 3 aromatic rings. The average molecular weight is 405 g/mol. The maximum Gasteiger partial charge on any atom is 0.251 e. The van der Waals surface area contributed by atoms with Gasteiger partial charge in [0.1, 0.15) is 5.75 Å². The monoisotopic (exact) mass is 404 g/mol. The zero-order valence-corrected chi connectivity index (χ0v) is 18.4. The van der Waals surface area contributed by atoms with Gasteiger partial charge in [0.05, 0.1) is 12.6 Å². The van der Waals surface area contributed by atoms with Crippen molar-refractivity contribution in [2.24, 2.45) is 0 Å². The largest absolute Gasteiger partial charge is 0.497 e. The van der Waals surface area contributed by atoms with Gasteiger partial charge in [-0.25, -0.2) is 0 Å². The van der Waals surface area contributed by atoms with Gasteiger partial charge in [0.25, 0.3) is 5.91 Å². The van der Waals surface area contributed by atoms with Gasteiger partial charge < -0.3 is 10.1 Å². The first-order valence-electron chi connectivity index (χ1n) is 9.90. The minimum Gasteiger partial charge on any atom is -0.497 e. The Kier molecular flexibility index (Phi) is 5.83. The SMILES string of the molecule is COc1ccc2c(c1)c(/C=C(\C)C(=O)Nc1ccc(C(C)(C)C)cc1)cn2C(C)=O. The van der Waals surface area contributed by atoms with Crippen molar-refractivity contribution in [1.29, 1.82) is 0 Å². The van der Waals surface area contributed by atoms with Crippen LogP contribution in [-0.2, 0) is 10.2 Å². The quantitative estimate of drug-likeness (QED) is 0.572. The van der Waals surface area contributed by atoms with Crippen molar-refractivity contribution >= 4 is 34.5 Å². The zero-order chi connectivity index (χ0) is 22.1. The third-order valence-corrected chi connectivity index (χ3v) is 5.12. The highest BCUT2D eigenvalue weighted by Gasteiger charge is 2.15. The van der Waals surface area contributed by atoms with Crippen LogP contribution in [0.4, 0.5) is 5.69 Å². The molecule has 5 heteroatoms. The van der Waals surface area contributed by atoms with Gasteiger partial charge in [0.2, 0.25) is 5.91 Å². The molecule has 0 spiro atoms. The lowest BCUT2D eigenvalue weighted by molar-refractivity contribution is -0.112. The van der Waals surface area contributed by atoms with E-state index in [9.17, 15) is 9.59 Å². The predicted octanol–water partition coefficient (Wildman–Crippen LogP) is 5.65. The number of methoxy groups -OCH3 is 1. The molecular weight excluding hydrogens is 376 g/mol. The first-order chi connectivity index (χ1) is 14.1. The van der Waals surface area contributed by atoms with Gasteiger partial charge in [0, 0.05) is 35.3 Å². The molecule has 0 saturated carbocycles. The summed E-state index contributed by atoms with van der Waals surface area (Å²) in [6, 6.07) is 13.4. The number of carbonyl (C=O) groups is 2. The Hall–Kier alpha value is -3.34. The Morgan fingerprint density at radius 2 is 1.70 bits per heavy atom. The molecule has 1 N–H and O–H groups in total. The third-order valence-electron chi connectivity index (χ3n) is 5.12. The summed E-state index contributed by atoms with van der Waals surface area (Å²) in [7, 11) is 1.60. The molecule has 0 aliphatic carbocycles. The Bertz CT molecular complexity index is 1130. The van der Waals surface area contributed by atoms with E-state index in [1.807, 2.05) is 42.5 Å². The van der Waals surface area contributed by atoms with Gasteiger partial charge in [0.15, 0.2) is 0 Å². The van der Waals surface area contributed by atoms with E-state index in [2.05, 4.69) is 26.1 Å². The number of hydrogen-bond donors (Lipinski definition) is 1. The second kappa shape index (κ2) is 8.19. The number of benzene rings is 2. The van der Waals surface area contributed by atoms with Gasteiger partial charge in [-0.1, -0.05) is 32.9 Å². The molecule has 0 saturated heterocycles. The van der Waals surface area contributed by atoms with E-state index in [1.165, 1.54) is 12.5 Å². The Balaban J connectivity index is 1.90. The summed E-state index contributed by atoms with van der Waals surface area (Å²) in [6.07, 6.45) is 3.54. The molecule has 0 atom stereocenters. The second-order valence-corrected chi connectivity index (χ2v) is 8.47. The van der Waals surface area contributed by atoms with Crippen molar-refractivity contribution in [2.75, 3.05) is 12.4 Å². The molecule has 0 aliphatic rings. The number of hydrogen-bond acceptors (Lipinski definition) is 3. The number of ether oxygens (including phenoxy) is 1. The van der Waals surface area contributed by atoms with E-state index in [0.29, 0.717) is 11.3 Å². The second-order valence-electron chi connectivity index (χ2n) is 8.47. The number of aromatic nitrogens is 1. The standard InChI is InChI=1S/C25H28N2O3/c1-16(24(29)26-20-9-7-19(8-10-20)25(3,4)5)13-18-15-27(17(2)28)23-12-11-21(30-6)14-22(18)23/h7-15H,1-6H3,(H,26,29)/b16-13+. The Morgan fingerprint density at radius 3 is 2.27 bits per heavy atom. The molecule has 5 nitrogen and oxygen atoms in total. The first-order valence-corrected chi connectivity index (χ1v) is 9.90. The maximum atomic E-state index is 12.7. The van der Waals surface area contributed by atoms with Gasteiger partial charge in [-0.15, -0.1) is 0 Å². The summed E-state index contributed by atoms with van der Waals surface area (Å²) in [5.74, 6) is 0.412. The van der Waals surface area contributed by atoms with Crippen LogP contribution in [0.25, 0.3) is 17.0 Å². The van der Waals surface area contributed by atoms with E-state index >= 15 is 0 Å². The normalized spacial score (nSPS) is 12.1. The molecule has 1 aromatic heterocycles. The molecule has 2 aromatic carbocycles. The number of nitrogens with one attached hydrogen (secondary N) is 1. The number of fused-ring (bicyclic) bond motifs is 1. The topological polar surface area (TPSA) is 60.3 Å². The molecule has 0 fully saturated rings. The fourth-order valence-electron chi connectivity index (χ4n) is 3.32. The number of amides is 1. The number of nitrogens with zero attached hydrogens (tertiary/aromatic N) is 1. The lowest BCUT2D eigenvalue weighted by Crippen LogP contribution is -2.14. The summed E-state index contributed by atoms with van der Waals surface area (Å²) in [5, 5.41) is 3.79. The molecule has 3 rings (SSSR count). The van der Waals surface area contributed by atoms with E-state index < -0.39 is 0 Å². The number of anilines is 1. The fourth-order valence-corrected chi connectivity index (χ4v) is 3.32. The van der Waals surface area contributed by atoms with Crippen molar-refractivity contribution in [3.63, 3.8) is 0 Å². The minimum absolute atomic E-state index is 0.0599. The van der Waals surface area contributed by atoms with Crippen molar-refractivity contribution in [3.05, 3.63) is 65.4 Å². The molecule has 156 valence electrons. The van der Waals surface area contributed by atoms with Crippen molar-refractivity contribution in [1.82, 2.24) is 4.57 Å². The zero-order valence-electron chi connectivity index (χ0n) is 18.4. The van der Waals surface area contributed by atoms with Crippen LogP contribution in [0, 0.1) is 0 Å². The van der Waals surface area contributed by atoms with Crippen molar-refractivity contribution < 1.29 is 14.3 Å². The van der Waals surface area contributed by atoms with Crippen LogP contribution in [0.3, 0.4) is 0 Å². The molecule has 0 radical (unpaired) electrons. The first kappa shape index (κ1) is 21.4. The minimum atomic E-state index is -0.190. The van der Waals surface area contributed by atoms with E-state index in [-0.39, 0.29) is 17.2 Å². The van der Waals surface area contributed by atoms with Crippen molar-refractivity contribution in [3.8, 4) is 5.75 Å². The molecule has 1 amide bonds. The maximum absolute atomic E-state index is 12.7. The van der Waals surface area contributed by atoms with Gasteiger partial charge >= 0.3 is 0 Å². The van der Waals surface area contributed by atoms with Crippen molar-refractivity contribution in [2.45, 2.75) is 40.0 Å². The summed E-state index contributed by atoms with van der Waals surface area (Å²) >= 11 is 0. The van der Waals surface area contributed by atoms with Crippen LogP contribution in [0.5, 0.6) is 5.75 Å². The lowest BCUT2D eigenvalue weighted by atomic mass is 9.87. The summed E-state index contributed by atoms with van der Waals surface area (Å²) in [4.78, 5) is 24.7. The molecule has 0 unspecified atom stereocenters. The fraction of sp³-hybridized carbons (Fsp3) is 0.280. The average Bonchev–Trinajstić information content (AvgIpc) is 3.05. The molecule has 0 bridgehead atoms. The van der Waals surface area contributed by atoms with E-state index in [0.717, 1.165) is 22.2 Å². The van der Waals surface area contributed by atoms with Crippen LogP contribution in [-0.4, -0.2) is 23.5 Å². The van der Waals surface area contributed by atoms with Gasteiger partial charge in [-0.2, -0.15) is 0 Å². The van der Waals surface area contributed by atoms with Gasteiger partial charge in [-0.3, -0.25) is 14.2 Å².